The van der Waals surface area contributed by atoms with Crippen LogP contribution in [0.25, 0.3) is 209 Å². The van der Waals surface area contributed by atoms with E-state index >= 15 is 0 Å². The molecule has 147 heavy (non-hydrogen) atoms. The molecule has 2 aliphatic heterocycles. The average molecular weight is 1900 g/mol. The molecule has 2 aliphatic rings. The fraction of sp³-hybridized carbons (Fsp3) is 0.0870. The maximum absolute atomic E-state index is 12.6. The average Bonchev–Trinajstić information content (AvgIpc) is 1.19. The van der Waals surface area contributed by atoms with Crippen molar-refractivity contribution < 1.29 is 24.7 Å². The molecule has 8 heterocycles. The molecular formula is C138H103BN8. The van der Waals surface area contributed by atoms with Crippen molar-refractivity contribution in [3.05, 3.63) is 477 Å². The first-order valence-corrected chi connectivity index (χ1v) is 50.2. The lowest BCUT2D eigenvalue weighted by Gasteiger charge is -2.47. The molecule has 0 atom stereocenters. The molecule has 9 heteroatoms. The SMILES string of the molecule is [2H]c1c([2H])c(-n2c3c([2H])c([2H])c(-n4c5ccccc5c5ccccc54)c([2H])c3c3c([2H])c(-n4c5ccccc5c5ccccc54)c([2H])c([2H])c32)c([2H])c2c1B1c3c(cc(C(C)(C)C)cc3N(c3c(-c4ccccc4)cc(C(C)(C)C)cc3-c3ccccc3)c3c([2H])c(-n4c5c([2H])c([2H])c(-n6c7ccccc7c7ccccc76)c([2H])c5c5c([2H])c(-n6c7ccccc7c7ccccc76)c([2H])c([2H])c54)c([2H])c([2H])c31)N2c1c(-c2ccccc2)cc(C(C)(C)C)cc1-c1ccccc1. The Balaban J connectivity index is 0.826. The molecule has 21 aromatic carbocycles. The number of anilines is 6. The zero-order chi connectivity index (χ0) is 114. The number of rotatable bonds is 12. The van der Waals surface area contributed by atoms with Gasteiger partial charge in [0.15, 0.2) is 0 Å². The minimum absolute atomic E-state index is 0.0584. The fourth-order valence-corrected chi connectivity index (χ4v) is 23.3. The second-order valence-electron chi connectivity index (χ2n) is 42.0. The smallest absolute Gasteiger partial charge is 0.252 e. The summed E-state index contributed by atoms with van der Waals surface area (Å²) in [5.74, 6) is 0. The predicted octanol–water partition coefficient (Wildman–Crippen LogP) is 34.9. The highest BCUT2D eigenvalue weighted by atomic mass is 15.2. The summed E-state index contributed by atoms with van der Waals surface area (Å²) < 4.78 is 217. The standard InChI is InChI=1S/C138H103BN8/c1-136(2,3)90-74-107(86-38-14-10-15-39-86)134(108(75-90)87-40-16-11-17-41-87)146-129-84-97(144-125-70-64-93(140-117-54-30-22-46-99(117)100-47-23-31-55-118(100)140)80-111(125)112-81-94(65-71-126(112)144)141-119-56-32-24-48-101(119)102-49-25-33-57-120(102)141)62-68-115(129)139-116-69-63-98(85-130(116)147(132-79-92(138(7,8)9)78-131(146)133(132)139)135-109(88-42-18-12-19-43-88)76-91(137(4,5)6)77-110(135)89-44-20-13-21-45-89)145-127-72-66-95(142-121-58-34-26-50-103(121)104-51-27-35-59-122(104)142)82-113(127)114-83-96(67-73-128(114)145)143-123-60-36-28-52-105(123)106-53-29-37-61-124(106)143/h10-85H,1-9H3/i62D,63D,64D,65D,66D,67D,68D,69D,70D,71D,72D,73D,80D,81D,82D,83D,84D,85D. The van der Waals surface area contributed by atoms with Crippen LogP contribution in [-0.4, -0.2) is 34.1 Å². The van der Waals surface area contributed by atoms with Gasteiger partial charge in [-0.3, -0.25) is 0 Å². The third-order valence-corrected chi connectivity index (χ3v) is 30.3. The number of aromatic nitrogens is 6. The normalized spacial score (nSPS) is 14.6. The second-order valence-corrected chi connectivity index (χ2v) is 42.0. The highest BCUT2D eigenvalue weighted by molar-refractivity contribution is 7.00. The summed E-state index contributed by atoms with van der Waals surface area (Å²) in [5.41, 5.74) is 9.63. The largest absolute Gasteiger partial charge is 0.310 e. The first-order valence-electron chi connectivity index (χ1n) is 59.2. The molecule has 0 saturated carbocycles. The molecule has 698 valence electrons. The van der Waals surface area contributed by atoms with Crippen LogP contribution < -0.4 is 26.2 Å². The summed E-state index contributed by atoms with van der Waals surface area (Å²) >= 11 is 0. The Morgan fingerprint density at radius 3 is 0.619 bits per heavy atom. The molecule has 0 saturated heterocycles. The number of hydrogen-bond acceptors (Lipinski definition) is 2. The molecule has 6 aromatic heterocycles. The van der Waals surface area contributed by atoms with Crippen molar-refractivity contribution in [2.45, 2.75) is 78.6 Å². The van der Waals surface area contributed by atoms with Gasteiger partial charge < -0.3 is 37.2 Å². The van der Waals surface area contributed by atoms with Crippen LogP contribution in [0, 0.1) is 0 Å². The Labute approximate surface area is 879 Å². The molecule has 8 nitrogen and oxygen atoms in total. The quantitative estimate of drug-likeness (QED) is 0.114. The molecule has 0 aliphatic carbocycles. The topological polar surface area (TPSA) is 36.1 Å². The van der Waals surface area contributed by atoms with Gasteiger partial charge in [0.05, 0.1) is 102 Å². The van der Waals surface area contributed by atoms with E-state index in [-0.39, 0.29) is 113 Å². The molecule has 29 rings (SSSR count). The molecule has 0 fully saturated rings. The number of fused-ring (bicyclic) bond motifs is 22. The van der Waals surface area contributed by atoms with Gasteiger partial charge in [-0.15, -0.1) is 0 Å². The van der Waals surface area contributed by atoms with Crippen LogP contribution in [0.15, 0.2) is 461 Å². The van der Waals surface area contributed by atoms with Crippen LogP contribution in [0.3, 0.4) is 0 Å². The van der Waals surface area contributed by atoms with Gasteiger partial charge in [0.2, 0.25) is 0 Å². The molecule has 0 amide bonds. The maximum atomic E-state index is 12.6. The van der Waals surface area contributed by atoms with E-state index in [2.05, 4.69) is 98.7 Å². The van der Waals surface area contributed by atoms with Gasteiger partial charge in [-0.25, -0.2) is 0 Å². The lowest BCUT2D eigenvalue weighted by Crippen LogP contribution is -2.61. The number of hydrogen-bond donors (Lipinski definition) is 0. The van der Waals surface area contributed by atoms with Gasteiger partial charge in [-0.05, 0) is 253 Å². The van der Waals surface area contributed by atoms with E-state index in [0.29, 0.717) is 122 Å². The second kappa shape index (κ2) is 32.3. The Hall–Kier alpha value is -17.9. The number of benzene rings is 21. The molecule has 27 aromatic rings. The van der Waals surface area contributed by atoms with Gasteiger partial charge in [0, 0.05) is 144 Å². The van der Waals surface area contributed by atoms with Gasteiger partial charge in [0.25, 0.3) is 6.71 Å². The van der Waals surface area contributed by atoms with Crippen molar-refractivity contribution in [2.75, 3.05) is 9.80 Å². The van der Waals surface area contributed by atoms with Crippen LogP contribution in [0.1, 0.15) is 104 Å². The van der Waals surface area contributed by atoms with Crippen LogP contribution in [0.2, 0.25) is 0 Å². The highest BCUT2D eigenvalue weighted by Gasteiger charge is 2.47. The van der Waals surface area contributed by atoms with Gasteiger partial charge >= 0.3 is 0 Å². The lowest BCUT2D eigenvalue weighted by molar-refractivity contribution is 0.590. The highest BCUT2D eigenvalue weighted by Crippen LogP contribution is 2.57. The molecular weight excluding hydrogens is 1780 g/mol. The summed E-state index contributed by atoms with van der Waals surface area (Å²) in [4.78, 5) is 4.02. The van der Waals surface area contributed by atoms with Crippen LogP contribution in [0.5, 0.6) is 0 Å². The van der Waals surface area contributed by atoms with Crippen molar-refractivity contribution in [1.29, 1.82) is 0 Å². The van der Waals surface area contributed by atoms with E-state index in [1.165, 1.54) is 9.13 Å². The summed E-state index contributed by atoms with van der Waals surface area (Å²) in [6.45, 7) is 17.5. The molecule has 0 bridgehead atoms. The van der Waals surface area contributed by atoms with Crippen molar-refractivity contribution in [3.8, 4) is 78.6 Å². The third kappa shape index (κ3) is 13.1. The molecule has 0 radical (unpaired) electrons. The van der Waals surface area contributed by atoms with Crippen molar-refractivity contribution in [2.24, 2.45) is 0 Å². The first kappa shape index (κ1) is 69.1. The Bertz CT molecular complexity index is 10100. The van der Waals surface area contributed by atoms with E-state index in [4.69, 9.17) is 0 Å². The van der Waals surface area contributed by atoms with Gasteiger partial charge in [-0.1, -0.05) is 341 Å². The number of nitrogens with zero attached hydrogens (tertiary/aromatic N) is 8. The minimum atomic E-state index is -1.67. The Kier molecular flexibility index (Phi) is 15.2. The summed E-state index contributed by atoms with van der Waals surface area (Å²) in [5, 5.41) is 5.70. The third-order valence-electron chi connectivity index (χ3n) is 30.3. The van der Waals surface area contributed by atoms with Crippen molar-refractivity contribution in [3.63, 3.8) is 0 Å². The molecule has 0 unspecified atom stereocenters. The van der Waals surface area contributed by atoms with E-state index in [1.807, 2.05) is 325 Å². The lowest BCUT2D eigenvalue weighted by atomic mass is 9.33. The summed E-state index contributed by atoms with van der Waals surface area (Å²) in [6, 6.07) is 104. The van der Waals surface area contributed by atoms with E-state index in [9.17, 15) is 24.7 Å². The first-order chi connectivity index (χ1) is 79.5. The van der Waals surface area contributed by atoms with Crippen LogP contribution in [-0.2, 0) is 16.2 Å². The maximum Gasteiger partial charge on any atom is 0.252 e. The van der Waals surface area contributed by atoms with Gasteiger partial charge in [0.1, 0.15) is 0 Å². The predicted molar refractivity (Wildman–Crippen MR) is 624 cm³/mol. The zero-order valence-electron chi connectivity index (χ0n) is 100. The molecule has 0 spiro atoms. The minimum Gasteiger partial charge on any atom is -0.310 e. The van der Waals surface area contributed by atoms with Crippen molar-refractivity contribution >= 4 is 188 Å². The van der Waals surface area contributed by atoms with E-state index < -0.39 is 119 Å². The molecule has 0 N–H and O–H groups in total. The van der Waals surface area contributed by atoms with Gasteiger partial charge in [-0.2, -0.15) is 0 Å². The zero-order valence-corrected chi connectivity index (χ0v) is 82.1. The van der Waals surface area contributed by atoms with Crippen molar-refractivity contribution in [1.82, 2.24) is 27.4 Å². The monoisotopic (exact) mass is 1900 g/mol. The van der Waals surface area contributed by atoms with Crippen LogP contribution in [0.4, 0.5) is 34.1 Å². The van der Waals surface area contributed by atoms with E-state index in [1.54, 1.807) is 18.3 Å². The van der Waals surface area contributed by atoms with E-state index in [0.717, 1.165) is 54.2 Å². The summed E-state index contributed by atoms with van der Waals surface area (Å²) in [6.07, 6.45) is 0. The number of para-hydroxylation sites is 8. The fourth-order valence-electron chi connectivity index (χ4n) is 23.3. The Morgan fingerprint density at radius 1 is 0.190 bits per heavy atom. The Morgan fingerprint density at radius 2 is 0.388 bits per heavy atom. The van der Waals surface area contributed by atoms with Crippen LogP contribution >= 0.6 is 0 Å². The summed E-state index contributed by atoms with van der Waals surface area (Å²) in [7, 11) is 0.